The van der Waals surface area contributed by atoms with E-state index in [1.165, 1.54) is 0 Å². The van der Waals surface area contributed by atoms with E-state index in [1.807, 2.05) is 30.3 Å². The predicted octanol–water partition coefficient (Wildman–Crippen LogP) is 2.43. The van der Waals surface area contributed by atoms with Crippen LogP contribution >= 0.6 is 0 Å². The van der Waals surface area contributed by atoms with Gasteiger partial charge >= 0.3 is 5.97 Å². The summed E-state index contributed by atoms with van der Waals surface area (Å²) in [6, 6.07) is 11.3. The Hall–Kier alpha value is -2.95. The number of aromatic nitrogens is 2. The van der Waals surface area contributed by atoms with E-state index < -0.39 is 5.97 Å². The normalized spacial score (nSPS) is 12.2. The van der Waals surface area contributed by atoms with E-state index >= 15 is 0 Å². The van der Waals surface area contributed by atoms with E-state index in [4.69, 9.17) is 0 Å². The first-order valence-corrected chi connectivity index (χ1v) is 6.93. The van der Waals surface area contributed by atoms with Gasteiger partial charge in [0.05, 0.1) is 29.0 Å². The Morgan fingerprint density at radius 3 is 2.82 bits per heavy atom. The number of rotatable bonds is 1. The van der Waals surface area contributed by atoms with Crippen molar-refractivity contribution < 1.29 is 9.90 Å². The maximum Gasteiger partial charge on any atom is 0.336 e. The summed E-state index contributed by atoms with van der Waals surface area (Å²) in [5.74, 6) is -1.09. The summed E-state index contributed by atoms with van der Waals surface area (Å²) in [5, 5.41) is 10.3. The molecule has 0 atom stereocenters. The lowest BCUT2D eigenvalue weighted by Gasteiger charge is -2.07. The summed E-state index contributed by atoms with van der Waals surface area (Å²) in [5.41, 5.74) is 3.08. The topological polar surface area (TPSA) is 72.2 Å². The van der Waals surface area contributed by atoms with Gasteiger partial charge < -0.3 is 9.67 Å². The second-order valence-electron chi connectivity index (χ2n) is 5.45. The molecule has 0 amide bonds. The van der Waals surface area contributed by atoms with Crippen LogP contribution in [0.5, 0.6) is 0 Å². The Balaban J connectivity index is 2.06. The van der Waals surface area contributed by atoms with E-state index in [0.717, 1.165) is 16.5 Å². The molecule has 22 heavy (non-hydrogen) atoms. The van der Waals surface area contributed by atoms with Gasteiger partial charge in [-0.2, -0.15) is 0 Å². The fourth-order valence-corrected chi connectivity index (χ4v) is 3.00. The quantitative estimate of drug-likeness (QED) is 0.585. The van der Waals surface area contributed by atoms with E-state index in [-0.39, 0.29) is 16.7 Å². The average molecular weight is 292 g/mol. The zero-order valence-corrected chi connectivity index (χ0v) is 11.8. The van der Waals surface area contributed by atoms with Crippen molar-refractivity contribution in [3.8, 4) is 11.4 Å². The first-order valence-electron chi connectivity index (χ1n) is 6.93. The number of pyridine rings is 2. The summed E-state index contributed by atoms with van der Waals surface area (Å²) in [4.78, 5) is 28.4. The number of para-hydroxylation sites is 1. The first kappa shape index (κ1) is 12.8. The molecule has 0 radical (unpaired) electrons. The lowest BCUT2D eigenvalue weighted by Crippen LogP contribution is -2.24. The molecule has 1 aromatic carbocycles. The molecule has 0 bridgehead atoms. The van der Waals surface area contributed by atoms with Crippen molar-refractivity contribution in [3.63, 3.8) is 0 Å². The standard InChI is InChI=1S/C17H12N2O3/c1-9-12(17(21)22)7-14-15-11(8-19(14)16(9)20)6-10-4-2-3-5-13(10)18-15/h2-7H,8H2,1H3,(H,21,22). The highest BCUT2D eigenvalue weighted by atomic mass is 16.4. The lowest BCUT2D eigenvalue weighted by atomic mass is 10.1. The monoisotopic (exact) mass is 292 g/mol. The zero-order chi connectivity index (χ0) is 15.4. The molecule has 1 aliphatic rings. The maximum absolute atomic E-state index is 12.4. The van der Waals surface area contributed by atoms with Gasteiger partial charge in [-0.1, -0.05) is 18.2 Å². The summed E-state index contributed by atoms with van der Waals surface area (Å²) in [6.07, 6.45) is 0. The lowest BCUT2D eigenvalue weighted by molar-refractivity contribution is 0.0695. The number of carboxylic acid groups (broad SMARTS) is 1. The molecule has 1 N–H and O–H groups in total. The number of hydrogen-bond acceptors (Lipinski definition) is 3. The minimum atomic E-state index is -1.09. The van der Waals surface area contributed by atoms with Crippen molar-refractivity contribution in [2.24, 2.45) is 0 Å². The fourth-order valence-electron chi connectivity index (χ4n) is 3.00. The van der Waals surface area contributed by atoms with E-state index in [1.54, 1.807) is 17.6 Å². The van der Waals surface area contributed by atoms with Crippen molar-refractivity contribution in [1.29, 1.82) is 0 Å². The Bertz CT molecular complexity index is 1020. The molecule has 1 aliphatic heterocycles. The van der Waals surface area contributed by atoms with Gasteiger partial charge in [0.25, 0.3) is 5.56 Å². The van der Waals surface area contributed by atoms with Crippen LogP contribution in [0.25, 0.3) is 22.3 Å². The number of hydrogen-bond donors (Lipinski definition) is 1. The van der Waals surface area contributed by atoms with E-state index in [2.05, 4.69) is 4.98 Å². The molecule has 4 rings (SSSR count). The summed E-state index contributed by atoms with van der Waals surface area (Å²) >= 11 is 0. The van der Waals surface area contributed by atoms with Gasteiger partial charge in [-0.15, -0.1) is 0 Å². The Morgan fingerprint density at radius 2 is 2.05 bits per heavy atom. The van der Waals surface area contributed by atoms with Crippen LogP contribution in [0, 0.1) is 6.92 Å². The van der Waals surface area contributed by atoms with Crippen LogP contribution in [-0.2, 0) is 6.54 Å². The van der Waals surface area contributed by atoms with Crippen molar-refractivity contribution in [1.82, 2.24) is 9.55 Å². The van der Waals surface area contributed by atoms with Crippen LogP contribution in [0.15, 0.2) is 41.2 Å². The highest BCUT2D eigenvalue weighted by molar-refractivity contribution is 5.91. The fraction of sp³-hybridized carbons (Fsp3) is 0.118. The highest BCUT2D eigenvalue weighted by Crippen LogP contribution is 2.32. The zero-order valence-electron chi connectivity index (χ0n) is 11.8. The SMILES string of the molecule is Cc1c(C(=O)O)cc2n(c1=O)Cc1cc3ccccc3nc1-2. The summed E-state index contributed by atoms with van der Waals surface area (Å²) < 4.78 is 1.60. The summed E-state index contributed by atoms with van der Waals surface area (Å²) in [7, 11) is 0. The van der Waals surface area contributed by atoms with E-state index in [0.29, 0.717) is 17.9 Å². The molecule has 5 nitrogen and oxygen atoms in total. The Kier molecular flexibility index (Phi) is 2.48. The number of aromatic carboxylic acids is 1. The first-order chi connectivity index (χ1) is 10.6. The van der Waals surface area contributed by atoms with Crippen LogP contribution in [0.3, 0.4) is 0 Å². The molecular weight excluding hydrogens is 280 g/mol. The molecule has 0 saturated heterocycles. The van der Waals surface area contributed by atoms with Crippen molar-refractivity contribution in [3.05, 3.63) is 63.4 Å². The molecule has 2 aromatic heterocycles. The third-order valence-corrected chi connectivity index (χ3v) is 4.15. The molecule has 0 spiro atoms. The number of benzene rings is 1. The molecule has 3 aromatic rings. The van der Waals surface area contributed by atoms with Gasteiger partial charge in [-0.05, 0) is 25.1 Å². The van der Waals surface area contributed by atoms with Crippen LogP contribution in [-0.4, -0.2) is 20.6 Å². The van der Waals surface area contributed by atoms with Crippen molar-refractivity contribution in [2.75, 3.05) is 0 Å². The third kappa shape index (κ3) is 1.62. The van der Waals surface area contributed by atoms with Gasteiger partial charge in [-0.25, -0.2) is 9.78 Å². The van der Waals surface area contributed by atoms with Gasteiger partial charge in [0.1, 0.15) is 0 Å². The number of nitrogens with zero attached hydrogens (tertiary/aromatic N) is 2. The molecule has 0 aliphatic carbocycles. The third-order valence-electron chi connectivity index (χ3n) is 4.15. The van der Waals surface area contributed by atoms with Crippen LogP contribution in [0.4, 0.5) is 0 Å². The number of carbonyl (C=O) groups is 1. The second kappa shape index (κ2) is 4.27. The minimum Gasteiger partial charge on any atom is -0.478 e. The number of carboxylic acids is 1. The molecule has 5 heteroatoms. The molecule has 0 fully saturated rings. The number of fused-ring (bicyclic) bond motifs is 4. The van der Waals surface area contributed by atoms with Crippen molar-refractivity contribution >= 4 is 16.9 Å². The maximum atomic E-state index is 12.4. The Morgan fingerprint density at radius 1 is 1.27 bits per heavy atom. The van der Waals surface area contributed by atoms with Gasteiger partial charge in [0.2, 0.25) is 0 Å². The largest absolute Gasteiger partial charge is 0.478 e. The molecule has 108 valence electrons. The van der Waals surface area contributed by atoms with Crippen molar-refractivity contribution in [2.45, 2.75) is 13.5 Å². The Labute approximate surface area is 125 Å². The van der Waals surface area contributed by atoms with Gasteiger partial charge in [0.15, 0.2) is 0 Å². The second-order valence-corrected chi connectivity index (χ2v) is 5.45. The smallest absolute Gasteiger partial charge is 0.336 e. The predicted molar refractivity (Wildman–Crippen MR) is 82.2 cm³/mol. The molecule has 3 heterocycles. The van der Waals surface area contributed by atoms with Crippen LogP contribution < -0.4 is 5.56 Å². The summed E-state index contributed by atoms with van der Waals surface area (Å²) in [6.45, 7) is 1.98. The molecular formula is C17H12N2O3. The van der Waals surface area contributed by atoms with Gasteiger partial charge in [0, 0.05) is 16.5 Å². The molecule has 0 unspecified atom stereocenters. The minimum absolute atomic E-state index is 0.0408. The molecule has 0 saturated carbocycles. The average Bonchev–Trinajstić information content (AvgIpc) is 2.86. The van der Waals surface area contributed by atoms with Gasteiger partial charge in [-0.3, -0.25) is 4.79 Å². The highest BCUT2D eigenvalue weighted by Gasteiger charge is 2.25. The van der Waals surface area contributed by atoms with Crippen LogP contribution in [0.2, 0.25) is 0 Å². The van der Waals surface area contributed by atoms with Crippen LogP contribution in [0.1, 0.15) is 21.5 Å². The van der Waals surface area contributed by atoms with E-state index in [9.17, 15) is 14.7 Å².